The molecule has 2 aromatic carbocycles. The number of para-hydroxylation sites is 1. The Morgan fingerprint density at radius 1 is 0.824 bits per heavy atom. The van der Waals surface area contributed by atoms with Gasteiger partial charge < -0.3 is 0 Å². The zero-order valence-electron chi connectivity index (χ0n) is 9.81. The summed E-state index contributed by atoms with van der Waals surface area (Å²) in [5.74, 6) is 1.88. The van der Waals surface area contributed by atoms with Gasteiger partial charge in [0.25, 0.3) is 0 Å². The quantitative estimate of drug-likeness (QED) is 0.720. The van der Waals surface area contributed by atoms with Gasteiger partial charge in [0.1, 0.15) is 0 Å². The molecule has 0 radical (unpaired) electrons. The van der Waals surface area contributed by atoms with Crippen LogP contribution in [0.15, 0.2) is 48.5 Å². The van der Waals surface area contributed by atoms with Gasteiger partial charge in [0.2, 0.25) is 0 Å². The first-order valence-electron chi connectivity index (χ1n) is 5.25. The molecule has 0 unspecified atom stereocenters. The van der Waals surface area contributed by atoms with E-state index in [0.717, 1.165) is 11.5 Å². The molecule has 90 valence electrons. The summed E-state index contributed by atoms with van der Waals surface area (Å²) >= 11 is -0.198. The summed E-state index contributed by atoms with van der Waals surface area (Å²) in [5.41, 5.74) is 0. The number of hydrogen-bond donors (Lipinski definition) is 0. The first kappa shape index (κ1) is 12.2. The van der Waals surface area contributed by atoms with Gasteiger partial charge in [0.15, 0.2) is 0 Å². The maximum absolute atomic E-state index is 5.37. The molecule has 0 saturated heterocycles. The summed E-state index contributed by atoms with van der Waals surface area (Å²) in [5, 5.41) is 0. The van der Waals surface area contributed by atoms with E-state index < -0.39 is 0 Å². The molecule has 0 aliphatic heterocycles. The van der Waals surface area contributed by atoms with E-state index in [0.29, 0.717) is 0 Å². The van der Waals surface area contributed by atoms with E-state index in [-0.39, 0.29) is 21.2 Å². The van der Waals surface area contributed by atoms with Crippen LogP contribution in [0.2, 0.25) is 0 Å². The predicted molar refractivity (Wildman–Crippen MR) is 63.4 cm³/mol. The first-order chi connectivity index (χ1) is 8.33. The van der Waals surface area contributed by atoms with Crippen LogP contribution in [-0.4, -0.2) is 14.2 Å². The van der Waals surface area contributed by atoms with Gasteiger partial charge in [0, 0.05) is 0 Å². The van der Waals surface area contributed by atoms with E-state index in [9.17, 15) is 0 Å². The van der Waals surface area contributed by atoms with Crippen molar-refractivity contribution in [2.75, 3.05) is 14.2 Å². The third-order valence-electron chi connectivity index (χ3n) is 2.32. The Bertz CT molecular complexity index is 480. The molecule has 0 N–H and O–H groups in total. The van der Waals surface area contributed by atoms with Gasteiger partial charge in [-0.25, -0.2) is 0 Å². The minimum atomic E-state index is -0.198. The van der Waals surface area contributed by atoms with Crippen molar-refractivity contribution in [2.24, 2.45) is 0 Å². The number of rotatable bonds is 4. The molecule has 0 saturated carbocycles. The van der Waals surface area contributed by atoms with Gasteiger partial charge in [-0.1, -0.05) is 0 Å². The molecule has 0 spiro atoms. The van der Waals surface area contributed by atoms with Gasteiger partial charge in [-0.05, 0) is 0 Å². The minimum absolute atomic E-state index is 0.198. The Morgan fingerprint density at radius 2 is 1.53 bits per heavy atom. The number of ether oxygens (including phenoxy) is 2. The Balaban J connectivity index is 2.19. The molecule has 2 aromatic rings. The van der Waals surface area contributed by atoms with E-state index in [4.69, 9.17) is 9.47 Å². The molecule has 0 aliphatic carbocycles. The van der Waals surface area contributed by atoms with Crippen molar-refractivity contribution in [2.45, 2.75) is 0 Å². The molecule has 0 atom stereocenters. The van der Waals surface area contributed by atoms with Gasteiger partial charge in [-0.15, -0.1) is 0 Å². The van der Waals surface area contributed by atoms with Gasteiger partial charge in [-0.3, -0.25) is 0 Å². The van der Waals surface area contributed by atoms with Crippen molar-refractivity contribution >= 4 is 0 Å². The molecule has 0 heterocycles. The zero-order chi connectivity index (χ0) is 12.1. The van der Waals surface area contributed by atoms with Crippen LogP contribution >= 0.6 is 0 Å². The fourth-order valence-corrected chi connectivity index (χ4v) is 3.88. The van der Waals surface area contributed by atoms with E-state index >= 15 is 0 Å². The summed E-state index contributed by atoms with van der Waals surface area (Å²) in [6.07, 6.45) is 0. The number of benzene rings is 2. The Labute approximate surface area is 112 Å². The Morgan fingerprint density at radius 3 is 2.18 bits per heavy atom. The van der Waals surface area contributed by atoms with E-state index in [1.54, 1.807) is 14.2 Å². The normalized spacial score (nSPS) is 10.2. The summed E-state index contributed by atoms with van der Waals surface area (Å²) in [6, 6.07) is 16.5. The third kappa shape index (κ3) is 3.12. The molecule has 17 heavy (non-hydrogen) atoms. The van der Waals surface area contributed by atoms with Crippen molar-refractivity contribution in [1.29, 1.82) is 0 Å². The zero-order valence-corrected chi connectivity index (χ0v) is 12.0. The average molecular weight is 341 g/mol. The summed E-state index contributed by atoms with van der Waals surface area (Å²) < 4.78 is 13.2. The Kier molecular flexibility index (Phi) is 4.25. The summed E-state index contributed by atoms with van der Waals surface area (Å²) in [4.78, 5) is 0. The van der Waals surface area contributed by atoms with Gasteiger partial charge in [0.05, 0.1) is 0 Å². The summed E-state index contributed by atoms with van der Waals surface area (Å²) in [6.45, 7) is 0. The van der Waals surface area contributed by atoms with Crippen molar-refractivity contribution < 1.29 is 30.7 Å². The maximum atomic E-state index is 5.37. The second-order valence-corrected chi connectivity index (χ2v) is 6.33. The SMILES string of the molecule is COc1ccc([I-]c2ccccc2OC)cc1. The number of methoxy groups -OCH3 is 2. The van der Waals surface area contributed by atoms with Crippen LogP contribution in [0.4, 0.5) is 0 Å². The van der Waals surface area contributed by atoms with Gasteiger partial charge in [-0.2, -0.15) is 0 Å². The van der Waals surface area contributed by atoms with E-state index in [2.05, 4.69) is 24.3 Å². The molecule has 0 aromatic heterocycles. The van der Waals surface area contributed by atoms with Crippen LogP contribution in [0.1, 0.15) is 0 Å². The Hall–Kier alpha value is -1.23. The van der Waals surface area contributed by atoms with Crippen LogP contribution in [-0.2, 0) is 0 Å². The van der Waals surface area contributed by atoms with E-state index in [1.807, 2.05) is 24.3 Å². The van der Waals surface area contributed by atoms with Crippen LogP contribution in [0, 0.1) is 7.14 Å². The standard InChI is InChI=1S/C14H14IO2/c1-16-12-9-7-11(8-10-12)15-13-5-3-4-6-14(13)17-2/h3-10H,1-2H3/q-1. The van der Waals surface area contributed by atoms with Crippen LogP contribution in [0.25, 0.3) is 0 Å². The fourth-order valence-electron chi connectivity index (χ4n) is 1.44. The molecular formula is C14H14IO2-. The topological polar surface area (TPSA) is 18.5 Å². The number of halogens is 1. The van der Waals surface area contributed by atoms with Crippen molar-refractivity contribution in [3.8, 4) is 11.5 Å². The van der Waals surface area contributed by atoms with Crippen molar-refractivity contribution in [3.63, 3.8) is 0 Å². The third-order valence-corrected chi connectivity index (χ3v) is 5.13. The fraction of sp³-hybridized carbons (Fsp3) is 0.143. The number of hydrogen-bond acceptors (Lipinski definition) is 2. The summed E-state index contributed by atoms with van der Waals surface area (Å²) in [7, 11) is 3.40. The predicted octanol–water partition coefficient (Wildman–Crippen LogP) is -0.168. The van der Waals surface area contributed by atoms with Crippen LogP contribution in [0.5, 0.6) is 11.5 Å². The second kappa shape index (κ2) is 5.91. The van der Waals surface area contributed by atoms with Gasteiger partial charge >= 0.3 is 112 Å². The molecular weight excluding hydrogens is 327 g/mol. The molecule has 3 heteroatoms. The van der Waals surface area contributed by atoms with E-state index in [1.165, 1.54) is 7.14 Å². The molecule has 2 nitrogen and oxygen atoms in total. The molecule has 0 fully saturated rings. The first-order valence-corrected chi connectivity index (χ1v) is 7.41. The van der Waals surface area contributed by atoms with Crippen LogP contribution < -0.4 is 30.7 Å². The van der Waals surface area contributed by atoms with Crippen molar-refractivity contribution in [1.82, 2.24) is 0 Å². The second-order valence-electron chi connectivity index (χ2n) is 3.39. The average Bonchev–Trinajstić information content (AvgIpc) is 2.40. The molecule has 0 amide bonds. The van der Waals surface area contributed by atoms with Crippen molar-refractivity contribution in [3.05, 3.63) is 55.7 Å². The molecule has 0 aliphatic rings. The monoisotopic (exact) mass is 341 g/mol. The molecule has 0 bridgehead atoms. The van der Waals surface area contributed by atoms with Crippen LogP contribution in [0.3, 0.4) is 0 Å². The molecule has 2 rings (SSSR count).